The minimum absolute atomic E-state index is 0.171. The molecule has 2 aliphatic rings. The Kier molecular flexibility index (Phi) is 3.20. The molecule has 6 heteroatoms. The van der Waals surface area contributed by atoms with Crippen molar-refractivity contribution >= 4 is 28.3 Å². The van der Waals surface area contributed by atoms with E-state index in [0.717, 1.165) is 10.9 Å². The van der Waals surface area contributed by atoms with Gasteiger partial charge in [0.2, 0.25) is 0 Å². The predicted molar refractivity (Wildman–Crippen MR) is 86.6 cm³/mol. The predicted octanol–water partition coefficient (Wildman–Crippen LogP) is 2.71. The van der Waals surface area contributed by atoms with E-state index in [9.17, 15) is 4.79 Å². The van der Waals surface area contributed by atoms with Crippen molar-refractivity contribution in [3.05, 3.63) is 5.56 Å². The molecule has 0 saturated heterocycles. The van der Waals surface area contributed by atoms with E-state index in [1.807, 2.05) is 0 Å². The first kappa shape index (κ1) is 14.6. The molecule has 1 amide bonds. The number of nitrogen functional groups attached to an aromatic ring is 1. The first-order valence-electron chi connectivity index (χ1n) is 7.53. The van der Waals surface area contributed by atoms with Crippen LogP contribution in [0.4, 0.5) is 10.8 Å². The second-order valence-electron chi connectivity index (χ2n) is 7.34. The van der Waals surface area contributed by atoms with Crippen molar-refractivity contribution in [1.82, 2.24) is 9.69 Å². The van der Waals surface area contributed by atoms with E-state index < -0.39 is 0 Å². The highest BCUT2D eigenvalue weighted by Crippen LogP contribution is 2.63. The smallest absolute Gasteiger partial charge is 0.257 e. The minimum Gasteiger partial charge on any atom is -0.382 e. The van der Waals surface area contributed by atoms with Crippen LogP contribution in [0.3, 0.4) is 0 Å². The molecule has 0 aromatic carbocycles. The molecule has 3 atom stereocenters. The van der Waals surface area contributed by atoms with Crippen LogP contribution >= 0.6 is 11.5 Å². The summed E-state index contributed by atoms with van der Waals surface area (Å²) >= 11 is 1.29. The lowest BCUT2D eigenvalue weighted by atomic mass is 9.68. The largest absolute Gasteiger partial charge is 0.382 e. The van der Waals surface area contributed by atoms with Gasteiger partial charge < -0.3 is 16.4 Å². The van der Waals surface area contributed by atoms with E-state index in [2.05, 4.69) is 35.8 Å². The number of hydrogen-bond acceptors (Lipinski definition) is 5. The molecular weight excluding hydrogens is 284 g/mol. The number of amides is 1. The van der Waals surface area contributed by atoms with Crippen molar-refractivity contribution in [2.75, 3.05) is 18.1 Å². The molecule has 2 aliphatic carbocycles. The van der Waals surface area contributed by atoms with E-state index in [0.29, 0.717) is 22.8 Å². The van der Waals surface area contributed by atoms with E-state index in [1.54, 1.807) is 7.05 Å². The van der Waals surface area contributed by atoms with Gasteiger partial charge >= 0.3 is 0 Å². The normalized spacial score (nSPS) is 33.1. The molecular formula is C15H24N4OS. The third-order valence-electron chi connectivity index (χ3n) is 5.72. The first-order valence-corrected chi connectivity index (χ1v) is 8.30. The molecule has 2 bridgehead atoms. The number of anilines is 2. The second kappa shape index (κ2) is 4.60. The Morgan fingerprint density at radius 2 is 2.14 bits per heavy atom. The summed E-state index contributed by atoms with van der Waals surface area (Å²) in [7, 11) is 1.62. The van der Waals surface area contributed by atoms with Crippen molar-refractivity contribution < 1.29 is 4.79 Å². The summed E-state index contributed by atoms with van der Waals surface area (Å²) in [5.41, 5.74) is 6.88. The molecule has 0 radical (unpaired) electrons. The van der Waals surface area contributed by atoms with Gasteiger partial charge in [-0.25, -0.2) is 0 Å². The number of rotatable bonds is 3. The van der Waals surface area contributed by atoms with Gasteiger partial charge in [0.15, 0.2) is 5.82 Å². The van der Waals surface area contributed by atoms with Crippen LogP contribution in [0.2, 0.25) is 0 Å². The SMILES string of the molecule is CNC(=O)c1c(N)nsc1NC1C2(C)CCC(C2)C1(C)C. The maximum atomic E-state index is 12.0. The number of aromatic nitrogens is 1. The fraction of sp³-hybridized carbons (Fsp3) is 0.733. The average Bonchev–Trinajstić information content (AvgIpc) is 3.03. The van der Waals surface area contributed by atoms with Crippen molar-refractivity contribution in [3.8, 4) is 0 Å². The lowest BCUT2D eigenvalue weighted by Crippen LogP contribution is -2.45. The number of nitrogens with zero attached hydrogens (tertiary/aromatic N) is 1. The van der Waals surface area contributed by atoms with Crippen molar-refractivity contribution in [1.29, 1.82) is 0 Å². The second-order valence-corrected chi connectivity index (χ2v) is 8.12. The van der Waals surface area contributed by atoms with E-state index in [-0.39, 0.29) is 11.3 Å². The van der Waals surface area contributed by atoms with Gasteiger partial charge in [-0.2, -0.15) is 4.37 Å². The lowest BCUT2D eigenvalue weighted by Gasteiger charge is -2.43. The number of hydrogen-bond donors (Lipinski definition) is 3. The summed E-state index contributed by atoms with van der Waals surface area (Å²) in [5, 5.41) is 7.07. The Balaban J connectivity index is 1.93. The zero-order valence-electron chi connectivity index (χ0n) is 13.1. The molecule has 21 heavy (non-hydrogen) atoms. The van der Waals surface area contributed by atoms with Crippen LogP contribution in [0.15, 0.2) is 0 Å². The number of carbonyl (C=O) groups excluding carboxylic acids is 1. The summed E-state index contributed by atoms with van der Waals surface area (Å²) in [6.45, 7) is 7.04. The maximum Gasteiger partial charge on any atom is 0.257 e. The van der Waals surface area contributed by atoms with Crippen LogP contribution < -0.4 is 16.4 Å². The maximum absolute atomic E-state index is 12.0. The zero-order valence-corrected chi connectivity index (χ0v) is 13.9. The molecule has 5 nitrogen and oxygen atoms in total. The molecule has 116 valence electrons. The summed E-state index contributed by atoms with van der Waals surface area (Å²) in [4.78, 5) is 12.0. The highest BCUT2D eigenvalue weighted by molar-refractivity contribution is 7.11. The van der Waals surface area contributed by atoms with Gasteiger partial charge in [-0.3, -0.25) is 4.79 Å². The number of nitrogens with two attached hydrogens (primary N) is 1. The average molecular weight is 308 g/mol. The van der Waals surface area contributed by atoms with E-state index >= 15 is 0 Å². The monoisotopic (exact) mass is 308 g/mol. The third kappa shape index (κ3) is 2.03. The fourth-order valence-corrected chi connectivity index (χ4v) is 5.28. The molecule has 1 aromatic rings. The van der Waals surface area contributed by atoms with Gasteiger partial charge in [0, 0.05) is 13.1 Å². The van der Waals surface area contributed by atoms with Crippen LogP contribution in [-0.2, 0) is 0 Å². The molecule has 0 aliphatic heterocycles. The van der Waals surface area contributed by atoms with Crippen LogP contribution in [0.5, 0.6) is 0 Å². The molecule has 3 rings (SSSR count). The van der Waals surface area contributed by atoms with E-state index in [1.165, 1.54) is 30.8 Å². The Morgan fingerprint density at radius 3 is 2.71 bits per heavy atom. The minimum atomic E-state index is -0.171. The van der Waals surface area contributed by atoms with Crippen LogP contribution in [-0.4, -0.2) is 23.4 Å². The van der Waals surface area contributed by atoms with Gasteiger partial charge in [0.1, 0.15) is 10.6 Å². The lowest BCUT2D eigenvalue weighted by molar-refractivity contribution is 0.0964. The van der Waals surface area contributed by atoms with Gasteiger partial charge in [0.05, 0.1) is 0 Å². The molecule has 1 heterocycles. The summed E-state index contributed by atoms with van der Waals surface area (Å²) in [6.07, 6.45) is 3.83. The molecule has 2 fully saturated rings. The highest BCUT2D eigenvalue weighted by atomic mass is 32.1. The summed E-state index contributed by atoms with van der Waals surface area (Å²) in [6, 6.07) is 0.354. The van der Waals surface area contributed by atoms with E-state index in [4.69, 9.17) is 5.73 Å². The number of fused-ring (bicyclic) bond motifs is 2. The van der Waals surface area contributed by atoms with Gasteiger partial charge in [-0.15, -0.1) is 0 Å². The summed E-state index contributed by atoms with van der Waals surface area (Å²) < 4.78 is 4.16. The standard InChI is InChI=1S/C15H24N4OS/c1-14(2)8-5-6-15(3,7-8)13(14)18-12-9(11(20)17-4)10(16)19-21-12/h8,13,18H,5-7H2,1-4H3,(H2,16,19)(H,17,20). The fourth-order valence-electron chi connectivity index (χ4n) is 4.54. The van der Waals surface area contributed by atoms with Gasteiger partial charge in [-0.05, 0) is 47.5 Å². The topological polar surface area (TPSA) is 80.0 Å². The van der Waals surface area contributed by atoms with Gasteiger partial charge in [0.25, 0.3) is 5.91 Å². The highest BCUT2D eigenvalue weighted by Gasteiger charge is 2.59. The molecule has 1 aromatic heterocycles. The number of nitrogens with one attached hydrogen (secondary N) is 2. The van der Waals surface area contributed by atoms with Crippen LogP contribution in [0.1, 0.15) is 50.4 Å². The van der Waals surface area contributed by atoms with Crippen LogP contribution in [0.25, 0.3) is 0 Å². The molecule has 0 spiro atoms. The molecule has 2 saturated carbocycles. The van der Waals surface area contributed by atoms with Crippen molar-refractivity contribution in [2.24, 2.45) is 16.7 Å². The van der Waals surface area contributed by atoms with Crippen molar-refractivity contribution in [2.45, 2.75) is 46.1 Å². The van der Waals surface area contributed by atoms with Crippen LogP contribution in [0, 0.1) is 16.7 Å². The first-order chi connectivity index (χ1) is 9.79. The van der Waals surface area contributed by atoms with Crippen molar-refractivity contribution in [3.63, 3.8) is 0 Å². The Morgan fingerprint density at radius 1 is 1.43 bits per heavy atom. The zero-order chi connectivity index (χ0) is 15.4. The number of carbonyl (C=O) groups is 1. The molecule has 4 N–H and O–H groups in total. The molecule has 3 unspecified atom stereocenters. The third-order valence-corrected chi connectivity index (χ3v) is 6.51. The Hall–Kier alpha value is -1.30. The Labute approximate surface area is 129 Å². The Bertz CT molecular complexity index is 577. The quantitative estimate of drug-likeness (QED) is 0.802. The summed E-state index contributed by atoms with van der Waals surface area (Å²) in [5.74, 6) is 0.900. The van der Waals surface area contributed by atoms with Gasteiger partial charge in [-0.1, -0.05) is 20.8 Å².